The molecule has 0 aromatic rings. The Morgan fingerprint density at radius 2 is 1.92 bits per heavy atom. The van der Waals surface area contributed by atoms with E-state index in [0.717, 1.165) is 0 Å². The van der Waals surface area contributed by atoms with Crippen molar-refractivity contribution in [2.45, 2.75) is 13.3 Å². The molecule has 0 aromatic heterocycles. The van der Waals surface area contributed by atoms with Crippen molar-refractivity contribution < 1.29 is 14.7 Å². The second-order valence-corrected chi connectivity index (χ2v) is 2.30. The van der Waals surface area contributed by atoms with Crippen LogP contribution < -0.4 is 11.1 Å². The Labute approximate surface area is 77.6 Å². The van der Waals surface area contributed by atoms with E-state index in [-0.39, 0.29) is 11.5 Å². The maximum Gasteiger partial charge on any atom is 0.330 e. The fourth-order valence-electron chi connectivity index (χ4n) is 0.256. The fourth-order valence-corrected chi connectivity index (χ4v) is 0.256. The van der Waals surface area contributed by atoms with Crippen LogP contribution in [0, 0.1) is 0 Å². The quantitative estimate of drug-likeness (QED) is 0.531. The van der Waals surface area contributed by atoms with Gasteiger partial charge in [0, 0.05) is 25.6 Å². The minimum absolute atomic E-state index is 0.00231. The number of nitrogens with two attached hydrogens (primary N) is 1. The first-order chi connectivity index (χ1) is 5.95. The van der Waals surface area contributed by atoms with Crippen LogP contribution in [0.15, 0.2) is 12.2 Å². The van der Waals surface area contributed by atoms with Crippen LogP contribution in [0.1, 0.15) is 13.3 Å². The summed E-state index contributed by atoms with van der Waals surface area (Å²) in [6.45, 7) is 5.03. The molecule has 13 heavy (non-hydrogen) atoms. The third-order valence-corrected chi connectivity index (χ3v) is 1.02. The Kier molecular flexibility index (Phi) is 9.53. The molecule has 0 fully saturated rings. The van der Waals surface area contributed by atoms with E-state index < -0.39 is 5.97 Å². The van der Waals surface area contributed by atoms with Crippen molar-refractivity contribution in [3.05, 3.63) is 12.2 Å². The van der Waals surface area contributed by atoms with Gasteiger partial charge in [0.15, 0.2) is 0 Å². The Bertz CT molecular complexity index is 178. The highest BCUT2D eigenvalue weighted by Gasteiger charge is 1.90. The third-order valence-electron chi connectivity index (χ3n) is 1.02. The minimum atomic E-state index is -0.935. The summed E-state index contributed by atoms with van der Waals surface area (Å²) in [5, 5.41) is 10.3. The summed E-state index contributed by atoms with van der Waals surface area (Å²) in [6, 6.07) is 0. The molecule has 0 heterocycles. The molecule has 0 aromatic carbocycles. The fraction of sp³-hybridized carbons (Fsp3) is 0.500. The Balaban J connectivity index is 0. The van der Waals surface area contributed by atoms with Gasteiger partial charge in [-0.15, -0.1) is 0 Å². The molecular weight excluding hydrogens is 172 g/mol. The predicted octanol–water partition coefficient (Wildman–Crippen LogP) is -0.272. The minimum Gasteiger partial charge on any atom is -0.478 e. The van der Waals surface area contributed by atoms with E-state index in [1.54, 1.807) is 7.05 Å². The summed E-state index contributed by atoms with van der Waals surface area (Å²) in [4.78, 5) is 19.8. The number of carbonyl (C=O) groups excluding carboxylic acids is 1. The molecular formula is C8H16N2O3. The van der Waals surface area contributed by atoms with Gasteiger partial charge in [0.25, 0.3) is 0 Å². The largest absolute Gasteiger partial charge is 0.478 e. The smallest absolute Gasteiger partial charge is 0.330 e. The zero-order chi connectivity index (χ0) is 10.9. The number of nitrogens with one attached hydrogen (secondary N) is 1. The molecule has 0 unspecified atom stereocenters. The summed E-state index contributed by atoms with van der Waals surface area (Å²) < 4.78 is 0. The second-order valence-electron chi connectivity index (χ2n) is 2.30. The van der Waals surface area contributed by atoms with Gasteiger partial charge in [-0.3, -0.25) is 4.79 Å². The lowest BCUT2D eigenvalue weighted by atomic mass is 10.4. The van der Waals surface area contributed by atoms with E-state index in [9.17, 15) is 9.59 Å². The molecule has 4 N–H and O–H groups in total. The first-order valence-electron chi connectivity index (χ1n) is 3.75. The van der Waals surface area contributed by atoms with Gasteiger partial charge in [-0.1, -0.05) is 6.58 Å². The van der Waals surface area contributed by atoms with Gasteiger partial charge in [-0.2, -0.15) is 0 Å². The average molecular weight is 188 g/mol. The highest BCUT2D eigenvalue weighted by molar-refractivity contribution is 5.84. The van der Waals surface area contributed by atoms with Crippen molar-refractivity contribution in [2.75, 3.05) is 13.6 Å². The normalized spacial score (nSPS) is 7.92. The van der Waals surface area contributed by atoms with E-state index >= 15 is 0 Å². The maximum atomic E-state index is 10.2. The van der Waals surface area contributed by atoms with Crippen molar-refractivity contribution >= 4 is 11.9 Å². The number of amides is 1. The Morgan fingerprint density at radius 3 is 2.00 bits per heavy atom. The van der Waals surface area contributed by atoms with Gasteiger partial charge in [0.2, 0.25) is 5.91 Å². The molecule has 0 aliphatic rings. The molecule has 0 saturated heterocycles. The number of carboxylic acids is 1. The Hall–Kier alpha value is -1.36. The molecule has 0 atom stereocenters. The predicted molar refractivity (Wildman–Crippen MR) is 50.2 cm³/mol. The van der Waals surface area contributed by atoms with E-state index in [4.69, 9.17) is 10.8 Å². The van der Waals surface area contributed by atoms with Gasteiger partial charge in [-0.05, 0) is 6.92 Å². The first kappa shape index (κ1) is 14.2. The van der Waals surface area contributed by atoms with Crippen LogP contribution in [0.25, 0.3) is 0 Å². The van der Waals surface area contributed by atoms with Crippen LogP contribution in [0.2, 0.25) is 0 Å². The number of rotatable bonds is 3. The lowest BCUT2D eigenvalue weighted by Crippen LogP contribution is -2.20. The summed E-state index contributed by atoms with van der Waals surface area (Å²) >= 11 is 0. The monoisotopic (exact) mass is 188 g/mol. The topological polar surface area (TPSA) is 92.4 Å². The van der Waals surface area contributed by atoms with Gasteiger partial charge in [0.1, 0.15) is 0 Å². The molecule has 5 nitrogen and oxygen atoms in total. The van der Waals surface area contributed by atoms with Gasteiger partial charge in [-0.25, -0.2) is 4.79 Å². The Morgan fingerprint density at radius 1 is 1.54 bits per heavy atom. The molecule has 76 valence electrons. The van der Waals surface area contributed by atoms with Crippen LogP contribution in [0.3, 0.4) is 0 Å². The first-order valence-corrected chi connectivity index (χ1v) is 3.75. The molecule has 0 saturated carbocycles. The zero-order valence-corrected chi connectivity index (χ0v) is 7.96. The highest BCUT2D eigenvalue weighted by Crippen LogP contribution is 1.81. The number of aliphatic carboxylic acids is 1. The number of hydrogen-bond donors (Lipinski definition) is 3. The van der Waals surface area contributed by atoms with Crippen LogP contribution in [0.5, 0.6) is 0 Å². The summed E-state index contributed by atoms with van der Waals surface area (Å²) in [7, 11) is 1.60. The molecule has 0 spiro atoms. The molecule has 0 radical (unpaired) electrons. The van der Waals surface area contributed by atoms with Crippen LogP contribution in [-0.2, 0) is 9.59 Å². The van der Waals surface area contributed by atoms with Crippen LogP contribution in [0.4, 0.5) is 0 Å². The van der Waals surface area contributed by atoms with Crippen LogP contribution >= 0.6 is 0 Å². The molecule has 0 rings (SSSR count). The number of carboxylic acid groups (broad SMARTS) is 1. The maximum absolute atomic E-state index is 10.2. The SMILES string of the molecule is C=C(C)C(=O)O.CNC(=O)CCN. The molecule has 1 amide bonds. The van der Waals surface area contributed by atoms with Gasteiger partial charge < -0.3 is 16.2 Å². The van der Waals surface area contributed by atoms with Crippen molar-refractivity contribution in [3.8, 4) is 0 Å². The molecule has 0 aliphatic heterocycles. The average Bonchev–Trinajstić information content (AvgIpc) is 2.05. The van der Waals surface area contributed by atoms with Crippen molar-refractivity contribution in [2.24, 2.45) is 5.73 Å². The van der Waals surface area contributed by atoms with E-state index in [0.29, 0.717) is 13.0 Å². The third kappa shape index (κ3) is 13.6. The number of carbonyl (C=O) groups is 2. The zero-order valence-electron chi connectivity index (χ0n) is 7.96. The van der Waals surface area contributed by atoms with Gasteiger partial charge >= 0.3 is 5.97 Å². The molecule has 5 heteroatoms. The summed E-state index contributed by atoms with van der Waals surface area (Å²) in [6.07, 6.45) is 0.427. The highest BCUT2D eigenvalue weighted by atomic mass is 16.4. The molecule has 0 bridgehead atoms. The van der Waals surface area contributed by atoms with Crippen molar-refractivity contribution in [3.63, 3.8) is 0 Å². The van der Waals surface area contributed by atoms with Crippen LogP contribution in [-0.4, -0.2) is 30.6 Å². The van der Waals surface area contributed by atoms with E-state index in [1.807, 2.05) is 0 Å². The summed E-state index contributed by atoms with van der Waals surface area (Å²) in [5.74, 6) is -0.933. The second kappa shape index (κ2) is 8.73. The van der Waals surface area contributed by atoms with Crippen molar-refractivity contribution in [1.29, 1.82) is 0 Å². The molecule has 0 aliphatic carbocycles. The van der Waals surface area contributed by atoms with Crippen molar-refractivity contribution in [1.82, 2.24) is 5.32 Å². The number of hydrogen-bond acceptors (Lipinski definition) is 3. The standard InChI is InChI=1S/C4H10N2O.C4H6O2/c1-6-4(7)2-3-5;1-3(2)4(5)6/h2-3,5H2,1H3,(H,6,7);1H2,2H3,(H,5,6). The lowest BCUT2D eigenvalue weighted by molar-refractivity contribution is -0.132. The van der Waals surface area contributed by atoms with E-state index in [2.05, 4.69) is 11.9 Å². The lowest BCUT2D eigenvalue weighted by Gasteiger charge is -1.91. The van der Waals surface area contributed by atoms with E-state index in [1.165, 1.54) is 6.92 Å². The van der Waals surface area contributed by atoms with Gasteiger partial charge in [0.05, 0.1) is 0 Å². The summed E-state index contributed by atoms with van der Waals surface area (Å²) in [5.41, 5.74) is 5.22.